The number of amides is 1. The highest BCUT2D eigenvalue weighted by molar-refractivity contribution is 7.89. The molecule has 0 radical (unpaired) electrons. The Morgan fingerprint density at radius 2 is 1.68 bits per heavy atom. The summed E-state index contributed by atoms with van der Waals surface area (Å²) >= 11 is 0. The van der Waals surface area contributed by atoms with Gasteiger partial charge in [-0.2, -0.15) is 0 Å². The first kappa shape index (κ1) is 18.7. The van der Waals surface area contributed by atoms with Gasteiger partial charge in [-0.15, -0.1) is 0 Å². The molecule has 8 nitrogen and oxygen atoms in total. The lowest BCUT2D eigenvalue weighted by molar-refractivity contribution is -0.137. The van der Waals surface area contributed by atoms with Crippen LogP contribution in [0.5, 0.6) is 0 Å². The molecule has 0 bridgehead atoms. The molecule has 0 atom stereocenters. The zero-order chi connectivity index (χ0) is 18.6. The molecule has 0 saturated heterocycles. The fourth-order valence-electron chi connectivity index (χ4n) is 2.36. The molecule has 1 amide bonds. The van der Waals surface area contributed by atoms with Crippen molar-refractivity contribution in [3.05, 3.63) is 36.4 Å². The van der Waals surface area contributed by atoms with E-state index in [1.807, 2.05) is 31.1 Å². The van der Waals surface area contributed by atoms with Gasteiger partial charge in [0.25, 0.3) is 0 Å². The van der Waals surface area contributed by atoms with Crippen LogP contribution in [0.15, 0.2) is 41.3 Å². The van der Waals surface area contributed by atoms with Crippen molar-refractivity contribution in [3.63, 3.8) is 0 Å². The zero-order valence-electron chi connectivity index (χ0n) is 13.8. The molecule has 0 spiro atoms. The molecule has 0 aliphatic rings. The van der Waals surface area contributed by atoms with E-state index in [2.05, 4.69) is 10.0 Å². The van der Waals surface area contributed by atoms with Crippen LogP contribution in [0.2, 0.25) is 0 Å². The summed E-state index contributed by atoms with van der Waals surface area (Å²) < 4.78 is 27.3. The number of carboxylic acid groups (broad SMARTS) is 1. The van der Waals surface area contributed by atoms with Gasteiger partial charge >= 0.3 is 5.97 Å². The van der Waals surface area contributed by atoms with E-state index in [1.165, 1.54) is 6.07 Å². The Morgan fingerprint density at radius 3 is 2.32 bits per heavy atom. The number of benzene rings is 2. The minimum absolute atomic E-state index is 0.0553. The van der Waals surface area contributed by atoms with Gasteiger partial charge in [-0.25, -0.2) is 13.1 Å². The van der Waals surface area contributed by atoms with E-state index in [1.54, 1.807) is 18.2 Å². The smallest absolute Gasteiger partial charge is 0.322 e. The molecule has 0 saturated carbocycles. The molecule has 3 N–H and O–H groups in total. The number of carbonyl (C=O) groups excluding carboxylic acids is 1. The lowest BCUT2D eigenvalue weighted by Gasteiger charge is -2.17. The Bertz CT molecular complexity index is 909. The highest BCUT2D eigenvalue weighted by Gasteiger charge is 2.19. The number of carboxylic acids is 1. The summed E-state index contributed by atoms with van der Waals surface area (Å²) in [5, 5.41) is 11.9. The second-order valence-corrected chi connectivity index (χ2v) is 7.25. The van der Waals surface area contributed by atoms with Crippen molar-refractivity contribution < 1.29 is 23.1 Å². The monoisotopic (exact) mass is 365 g/mol. The third kappa shape index (κ3) is 4.46. The summed E-state index contributed by atoms with van der Waals surface area (Å²) in [7, 11) is -0.216. The Hall–Kier alpha value is -2.65. The summed E-state index contributed by atoms with van der Waals surface area (Å²) in [6, 6.07) is 10.3. The van der Waals surface area contributed by atoms with E-state index in [9.17, 15) is 18.0 Å². The quantitative estimate of drug-likeness (QED) is 0.653. The topological polar surface area (TPSA) is 116 Å². The number of carbonyl (C=O) groups is 2. The molecule has 134 valence electrons. The van der Waals surface area contributed by atoms with Crippen LogP contribution in [0.3, 0.4) is 0 Å². The van der Waals surface area contributed by atoms with Gasteiger partial charge in [0.2, 0.25) is 15.9 Å². The van der Waals surface area contributed by atoms with Gasteiger partial charge in [0, 0.05) is 30.6 Å². The number of rotatable bonds is 7. The highest BCUT2D eigenvalue weighted by atomic mass is 32.2. The van der Waals surface area contributed by atoms with Gasteiger partial charge in [-0.3, -0.25) is 9.59 Å². The Balaban J connectivity index is 2.29. The molecule has 2 rings (SSSR count). The van der Waals surface area contributed by atoms with Crippen molar-refractivity contribution in [2.45, 2.75) is 4.90 Å². The van der Waals surface area contributed by atoms with E-state index in [4.69, 9.17) is 5.11 Å². The summed E-state index contributed by atoms with van der Waals surface area (Å²) in [4.78, 5) is 23.9. The zero-order valence-corrected chi connectivity index (χ0v) is 14.6. The molecular weight excluding hydrogens is 346 g/mol. The number of hydrogen-bond donors (Lipinski definition) is 3. The Morgan fingerprint density at radius 1 is 1.04 bits per heavy atom. The molecule has 0 fully saturated rings. The van der Waals surface area contributed by atoms with Gasteiger partial charge < -0.3 is 15.3 Å². The number of anilines is 1. The van der Waals surface area contributed by atoms with Gasteiger partial charge in [0.05, 0.1) is 11.4 Å². The lowest BCUT2D eigenvalue weighted by atomic mass is 10.1. The molecule has 0 heterocycles. The first-order valence-corrected chi connectivity index (χ1v) is 8.88. The number of fused-ring (bicyclic) bond motifs is 1. The van der Waals surface area contributed by atoms with E-state index in [-0.39, 0.29) is 4.90 Å². The van der Waals surface area contributed by atoms with Crippen LogP contribution in [-0.2, 0) is 19.6 Å². The maximum atomic E-state index is 12.5. The molecule has 2 aromatic carbocycles. The highest BCUT2D eigenvalue weighted by Crippen LogP contribution is 2.29. The fraction of sp³-hybridized carbons (Fsp3) is 0.250. The minimum Gasteiger partial charge on any atom is -0.480 e. The lowest BCUT2D eigenvalue weighted by Crippen LogP contribution is -2.39. The standard InChI is InChI=1S/C16H19N3O5S/c1-19(2)13-7-3-6-12-11(13)5-4-8-14(12)25(23,24)18-9-15(20)17-10-16(21)22/h3-8,18H,9-10H2,1-2H3,(H,17,20)(H,21,22). The van der Waals surface area contributed by atoms with Crippen molar-refractivity contribution in [2.24, 2.45) is 0 Å². The predicted octanol–water partition coefficient (Wildman–Crippen LogP) is 0.385. The van der Waals surface area contributed by atoms with Gasteiger partial charge in [-0.05, 0) is 12.1 Å². The van der Waals surface area contributed by atoms with Crippen molar-refractivity contribution >= 4 is 38.4 Å². The average molecular weight is 365 g/mol. The summed E-state index contributed by atoms with van der Waals surface area (Å²) in [5.41, 5.74) is 0.869. The van der Waals surface area contributed by atoms with Crippen LogP contribution < -0.4 is 14.9 Å². The van der Waals surface area contributed by atoms with Crippen molar-refractivity contribution in [1.82, 2.24) is 10.0 Å². The molecule has 0 unspecified atom stereocenters. The van der Waals surface area contributed by atoms with Crippen LogP contribution in [0.4, 0.5) is 5.69 Å². The van der Waals surface area contributed by atoms with Crippen molar-refractivity contribution in [1.29, 1.82) is 0 Å². The normalized spacial score (nSPS) is 11.3. The van der Waals surface area contributed by atoms with Gasteiger partial charge in [0.1, 0.15) is 6.54 Å². The number of nitrogens with one attached hydrogen (secondary N) is 2. The SMILES string of the molecule is CN(C)c1cccc2c(S(=O)(=O)NCC(=O)NCC(=O)O)cccc12. The number of aliphatic carboxylic acids is 1. The van der Waals surface area contributed by atoms with E-state index in [0.717, 1.165) is 11.1 Å². The third-order valence-corrected chi connectivity index (χ3v) is 4.95. The Kier molecular flexibility index (Phi) is 5.60. The van der Waals surface area contributed by atoms with Crippen molar-refractivity contribution in [3.8, 4) is 0 Å². The fourth-order valence-corrected chi connectivity index (χ4v) is 3.57. The Labute approximate surface area is 145 Å². The summed E-state index contributed by atoms with van der Waals surface area (Å²) in [5.74, 6) is -1.93. The van der Waals surface area contributed by atoms with Crippen LogP contribution in [0, 0.1) is 0 Å². The molecule has 0 aliphatic carbocycles. The van der Waals surface area contributed by atoms with Gasteiger partial charge in [0.15, 0.2) is 0 Å². The average Bonchev–Trinajstić information content (AvgIpc) is 2.56. The second kappa shape index (κ2) is 7.49. The first-order valence-electron chi connectivity index (χ1n) is 7.39. The van der Waals surface area contributed by atoms with Gasteiger partial charge in [-0.1, -0.05) is 24.3 Å². The van der Waals surface area contributed by atoms with Crippen LogP contribution in [-0.4, -0.2) is 52.6 Å². The molecule has 9 heteroatoms. The number of nitrogens with zero attached hydrogens (tertiary/aromatic N) is 1. The van der Waals surface area contributed by atoms with Crippen LogP contribution in [0.25, 0.3) is 10.8 Å². The number of hydrogen-bond acceptors (Lipinski definition) is 5. The predicted molar refractivity (Wildman–Crippen MR) is 94.1 cm³/mol. The van der Waals surface area contributed by atoms with E-state index in [0.29, 0.717) is 5.39 Å². The minimum atomic E-state index is -3.94. The maximum absolute atomic E-state index is 12.5. The molecular formula is C16H19N3O5S. The maximum Gasteiger partial charge on any atom is 0.322 e. The van der Waals surface area contributed by atoms with E-state index < -0.39 is 35.0 Å². The third-order valence-electron chi connectivity index (χ3n) is 3.49. The van der Waals surface area contributed by atoms with Crippen LogP contribution in [0.1, 0.15) is 0 Å². The second-order valence-electron chi connectivity index (χ2n) is 5.52. The molecule has 25 heavy (non-hydrogen) atoms. The van der Waals surface area contributed by atoms with Crippen molar-refractivity contribution in [2.75, 3.05) is 32.1 Å². The largest absolute Gasteiger partial charge is 0.480 e. The molecule has 0 aromatic heterocycles. The first-order chi connectivity index (χ1) is 11.7. The number of sulfonamides is 1. The summed E-state index contributed by atoms with van der Waals surface area (Å²) in [6.07, 6.45) is 0. The van der Waals surface area contributed by atoms with Crippen LogP contribution >= 0.6 is 0 Å². The molecule has 2 aromatic rings. The molecule has 0 aliphatic heterocycles. The van der Waals surface area contributed by atoms with E-state index >= 15 is 0 Å². The summed E-state index contributed by atoms with van der Waals surface area (Å²) in [6.45, 7) is -1.11.